The van der Waals surface area contributed by atoms with Crippen LogP contribution in [-0.2, 0) is 5.60 Å². The van der Waals surface area contributed by atoms with E-state index in [1.165, 1.54) is 12.8 Å². The lowest BCUT2D eigenvalue weighted by Crippen LogP contribution is -2.15. The summed E-state index contributed by atoms with van der Waals surface area (Å²) in [6.07, 6.45) is 2.51. The van der Waals surface area contributed by atoms with Gasteiger partial charge in [0.15, 0.2) is 11.5 Å². The van der Waals surface area contributed by atoms with E-state index >= 15 is 0 Å². The summed E-state index contributed by atoms with van der Waals surface area (Å²) >= 11 is 0. The molecule has 0 bridgehead atoms. The van der Waals surface area contributed by atoms with Gasteiger partial charge in [-0.25, -0.2) is 0 Å². The summed E-state index contributed by atoms with van der Waals surface area (Å²) in [7, 11) is 1.63. The van der Waals surface area contributed by atoms with Crippen LogP contribution in [0.5, 0.6) is 11.5 Å². The topological polar surface area (TPSA) is 38.7 Å². The minimum atomic E-state index is -0.857. The fourth-order valence-electron chi connectivity index (χ4n) is 1.66. The Hall–Kier alpha value is -1.22. The molecule has 0 spiro atoms. The lowest BCUT2D eigenvalue weighted by Gasteiger charge is -2.20. The molecule has 0 aliphatic heterocycles. The minimum absolute atomic E-state index is 0.700. The van der Waals surface area contributed by atoms with Crippen molar-refractivity contribution >= 4 is 0 Å². The molecule has 1 aromatic carbocycles. The van der Waals surface area contributed by atoms with E-state index in [9.17, 15) is 5.11 Å². The van der Waals surface area contributed by atoms with Crippen molar-refractivity contribution in [2.24, 2.45) is 5.92 Å². The van der Waals surface area contributed by atoms with Crippen molar-refractivity contribution in [2.75, 3.05) is 13.7 Å². The normalized spacial score (nSPS) is 15.8. The van der Waals surface area contributed by atoms with Crippen molar-refractivity contribution in [3.8, 4) is 11.5 Å². The fraction of sp³-hybridized carbons (Fsp3) is 0.571. The SMILES string of the molecule is COc1ccc(C(C)(C)O)cc1OCC1CC1. The molecule has 94 valence electrons. The highest BCUT2D eigenvalue weighted by molar-refractivity contribution is 5.44. The Morgan fingerprint density at radius 1 is 1.29 bits per heavy atom. The third-order valence-corrected chi connectivity index (χ3v) is 3.04. The molecule has 1 aliphatic rings. The molecule has 0 radical (unpaired) electrons. The highest BCUT2D eigenvalue weighted by atomic mass is 16.5. The molecule has 0 amide bonds. The van der Waals surface area contributed by atoms with Crippen molar-refractivity contribution in [1.82, 2.24) is 0 Å². The number of aliphatic hydroxyl groups is 1. The van der Waals surface area contributed by atoms with Crippen LogP contribution in [0, 0.1) is 5.92 Å². The summed E-state index contributed by atoms with van der Waals surface area (Å²) in [5.41, 5.74) is -0.0201. The Morgan fingerprint density at radius 2 is 2.00 bits per heavy atom. The summed E-state index contributed by atoms with van der Waals surface area (Å²) in [5, 5.41) is 9.97. The minimum Gasteiger partial charge on any atom is -0.493 e. The van der Waals surface area contributed by atoms with Gasteiger partial charge in [0.2, 0.25) is 0 Å². The van der Waals surface area contributed by atoms with Crippen LogP contribution in [0.1, 0.15) is 32.3 Å². The number of methoxy groups -OCH3 is 1. The van der Waals surface area contributed by atoms with Crippen LogP contribution in [0.4, 0.5) is 0 Å². The van der Waals surface area contributed by atoms with E-state index in [0.717, 1.165) is 23.7 Å². The van der Waals surface area contributed by atoms with Crippen LogP contribution >= 0.6 is 0 Å². The second-order valence-corrected chi connectivity index (χ2v) is 5.18. The van der Waals surface area contributed by atoms with Gasteiger partial charge in [0, 0.05) is 0 Å². The molecule has 3 heteroatoms. The predicted molar refractivity (Wildman–Crippen MR) is 66.5 cm³/mol. The van der Waals surface area contributed by atoms with Gasteiger partial charge in [-0.05, 0) is 50.3 Å². The molecule has 0 atom stereocenters. The predicted octanol–water partition coefficient (Wildman–Crippen LogP) is 2.71. The maximum atomic E-state index is 9.97. The zero-order valence-corrected chi connectivity index (χ0v) is 10.7. The van der Waals surface area contributed by atoms with Crippen molar-refractivity contribution in [3.63, 3.8) is 0 Å². The van der Waals surface area contributed by atoms with Crippen LogP contribution in [0.2, 0.25) is 0 Å². The second kappa shape index (κ2) is 4.57. The molecule has 3 nitrogen and oxygen atoms in total. The standard InChI is InChI=1S/C14H20O3/c1-14(2,15)11-6-7-12(16-3)13(8-11)17-9-10-4-5-10/h6-8,10,15H,4-5,9H2,1-3H3. The van der Waals surface area contributed by atoms with Crippen molar-refractivity contribution in [3.05, 3.63) is 23.8 Å². The molecule has 0 aromatic heterocycles. The third kappa shape index (κ3) is 3.13. The Balaban J connectivity index is 2.18. The van der Waals surface area contributed by atoms with Gasteiger partial charge in [-0.3, -0.25) is 0 Å². The first-order valence-corrected chi connectivity index (χ1v) is 6.04. The van der Waals surface area contributed by atoms with Gasteiger partial charge in [0.1, 0.15) is 0 Å². The average Bonchev–Trinajstić information content (AvgIpc) is 3.08. The maximum absolute atomic E-state index is 9.97. The van der Waals surface area contributed by atoms with E-state index < -0.39 is 5.60 Å². The summed E-state index contributed by atoms with van der Waals surface area (Å²) < 4.78 is 11.0. The van der Waals surface area contributed by atoms with Gasteiger partial charge in [0.05, 0.1) is 19.3 Å². The number of benzene rings is 1. The first kappa shape index (κ1) is 12.2. The molecule has 17 heavy (non-hydrogen) atoms. The van der Waals surface area contributed by atoms with Gasteiger partial charge in [-0.1, -0.05) is 6.07 Å². The van der Waals surface area contributed by atoms with E-state index in [-0.39, 0.29) is 0 Å². The summed E-state index contributed by atoms with van der Waals surface area (Å²) in [4.78, 5) is 0. The lowest BCUT2D eigenvalue weighted by atomic mass is 9.98. The summed E-state index contributed by atoms with van der Waals surface area (Å²) in [6.45, 7) is 4.27. The Morgan fingerprint density at radius 3 is 2.53 bits per heavy atom. The Labute approximate surface area is 102 Å². The zero-order chi connectivity index (χ0) is 12.5. The Kier molecular flexibility index (Phi) is 3.29. The molecule has 0 unspecified atom stereocenters. The van der Waals surface area contributed by atoms with E-state index in [4.69, 9.17) is 9.47 Å². The van der Waals surface area contributed by atoms with Crippen LogP contribution < -0.4 is 9.47 Å². The van der Waals surface area contributed by atoms with Crippen molar-refractivity contribution in [1.29, 1.82) is 0 Å². The van der Waals surface area contributed by atoms with Gasteiger partial charge in [0.25, 0.3) is 0 Å². The van der Waals surface area contributed by atoms with Crippen LogP contribution in [0.25, 0.3) is 0 Å². The third-order valence-electron chi connectivity index (χ3n) is 3.04. The van der Waals surface area contributed by atoms with E-state index in [0.29, 0.717) is 5.92 Å². The van der Waals surface area contributed by atoms with Crippen LogP contribution in [-0.4, -0.2) is 18.8 Å². The largest absolute Gasteiger partial charge is 0.493 e. The lowest BCUT2D eigenvalue weighted by molar-refractivity contribution is 0.0781. The summed E-state index contributed by atoms with van der Waals surface area (Å²) in [6, 6.07) is 5.57. The highest BCUT2D eigenvalue weighted by Crippen LogP contribution is 2.35. The maximum Gasteiger partial charge on any atom is 0.161 e. The van der Waals surface area contributed by atoms with Gasteiger partial charge >= 0.3 is 0 Å². The molecule has 1 fully saturated rings. The molecular weight excluding hydrogens is 216 g/mol. The summed E-state index contributed by atoms with van der Waals surface area (Å²) in [5.74, 6) is 2.14. The zero-order valence-electron chi connectivity index (χ0n) is 10.7. The molecular formula is C14H20O3. The van der Waals surface area contributed by atoms with Crippen molar-refractivity contribution in [2.45, 2.75) is 32.3 Å². The number of ether oxygens (including phenoxy) is 2. The molecule has 1 N–H and O–H groups in total. The Bertz CT molecular complexity index is 389. The molecule has 0 saturated heterocycles. The fourth-order valence-corrected chi connectivity index (χ4v) is 1.66. The number of hydrogen-bond donors (Lipinski definition) is 1. The van der Waals surface area contributed by atoms with Gasteiger partial charge in [-0.2, -0.15) is 0 Å². The number of rotatable bonds is 5. The second-order valence-electron chi connectivity index (χ2n) is 5.18. The average molecular weight is 236 g/mol. The van der Waals surface area contributed by atoms with Crippen LogP contribution in [0.3, 0.4) is 0 Å². The first-order chi connectivity index (χ1) is 8.00. The smallest absolute Gasteiger partial charge is 0.161 e. The van der Waals surface area contributed by atoms with Crippen molar-refractivity contribution < 1.29 is 14.6 Å². The highest BCUT2D eigenvalue weighted by Gasteiger charge is 2.23. The van der Waals surface area contributed by atoms with Gasteiger partial charge in [-0.15, -0.1) is 0 Å². The molecule has 0 heterocycles. The quantitative estimate of drug-likeness (QED) is 0.854. The van der Waals surface area contributed by atoms with Crippen LogP contribution in [0.15, 0.2) is 18.2 Å². The first-order valence-electron chi connectivity index (χ1n) is 6.04. The van der Waals surface area contributed by atoms with Gasteiger partial charge < -0.3 is 14.6 Å². The molecule has 1 aromatic rings. The van der Waals surface area contributed by atoms with E-state index in [2.05, 4.69) is 0 Å². The molecule has 1 saturated carbocycles. The molecule has 1 aliphatic carbocycles. The van der Waals surface area contributed by atoms with E-state index in [1.54, 1.807) is 21.0 Å². The molecule has 2 rings (SSSR count). The number of hydrogen-bond acceptors (Lipinski definition) is 3. The monoisotopic (exact) mass is 236 g/mol. The van der Waals surface area contributed by atoms with E-state index in [1.807, 2.05) is 18.2 Å².